The highest BCUT2D eigenvalue weighted by Gasteiger charge is 2.23. The fourth-order valence-electron chi connectivity index (χ4n) is 5.17. The van der Waals surface area contributed by atoms with Crippen LogP contribution in [0.1, 0.15) is 61.7 Å². The van der Waals surface area contributed by atoms with Gasteiger partial charge >= 0.3 is 5.76 Å². The molecule has 0 aliphatic carbocycles. The van der Waals surface area contributed by atoms with Crippen molar-refractivity contribution in [3.8, 4) is 22.5 Å². The van der Waals surface area contributed by atoms with Gasteiger partial charge in [-0.2, -0.15) is 0 Å². The first kappa shape index (κ1) is 26.7. The number of hydrogen-bond donors (Lipinski definition) is 1. The van der Waals surface area contributed by atoms with E-state index in [0.717, 1.165) is 79.0 Å². The fraction of sp³-hybridized carbons (Fsp3) is 0.367. The summed E-state index contributed by atoms with van der Waals surface area (Å²) >= 11 is 5.83. The third-order valence-corrected chi connectivity index (χ3v) is 7.73. The summed E-state index contributed by atoms with van der Waals surface area (Å²) in [6, 6.07) is 15.8. The summed E-state index contributed by atoms with van der Waals surface area (Å²) in [4.78, 5) is 35.7. The number of aryl methyl sites for hydroxylation is 2. The van der Waals surface area contributed by atoms with E-state index in [0.29, 0.717) is 22.9 Å². The molecule has 8 nitrogen and oxygen atoms in total. The smallest absolute Gasteiger partial charge is 0.362 e. The Morgan fingerprint density at radius 3 is 2.41 bits per heavy atom. The van der Waals surface area contributed by atoms with Gasteiger partial charge in [0.2, 0.25) is 0 Å². The van der Waals surface area contributed by atoms with Gasteiger partial charge in [-0.05, 0) is 49.3 Å². The van der Waals surface area contributed by atoms with Crippen LogP contribution >= 0.6 is 12.2 Å². The fourth-order valence-corrected chi connectivity index (χ4v) is 5.58. The average molecular weight is 544 g/mol. The lowest BCUT2D eigenvalue weighted by atomic mass is 9.98. The van der Waals surface area contributed by atoms with Crippen LogP contribution in [0.25, 0.3) is 22.5 Å². The SMILES string of the molecule is CCCCc1nc(C)c(C(=S)N2CCCCC2)c(=O)n1Cc1ccc(-c2ccccc2-c2noc(=O)[nH]2)cc1. The topological polar surface area (TPSA) is 97.0 Å². The quantitative estimate of drug-likeness (QED) is 0.308. The Hall–Kier alpha value is -3.85. The first-order chi connectivity index (χ1) is 19.0. The van der Waals surface area contributed by atoms with Gasteiger partial charge in [-0.15, -0.1) is 0 Å². The van der Waals surface area contributed by atoms with Crippen molar-refractivity contribution < 1.29 is 4.52 Å². The summed E-state index contributed by atoms with van der Waals surface area (Å²) in [5, 5.41) is 3.85. The molecule has 0 amide bonds. The molecule has 0 unspecified atom stereocenters. The van der Waals surface area contributed by atoms with Crippen molar-refractivity contribution in [3.63, 3.8) is 0 Å². The van der Waals surface area contributed by atoms with E-state index < -0.39 is 5.76 Å². The molecule has 1 aliphatic heterocycles. The molecule has 2 aromatic carbocycles. The molecule has 5 rings (SSSR count). The van der Waals surface area contributed by atoms with Gasteiger partial charge < -0.3 is 4.90 Å². The molecule has 1 fully saturated rings. The molecule has 0 spiro atoms. The van der Waals surface area contributed by atoms with Gasteiger partial charge in [-0.1, -0.05) is 79.3 Å². The first-order valence-corrected chi connectivity index (χ1v) is 14.0. The molecule has 1 saturated heterocycles. The van der Waals surface area contributed by atoms with Crippen LogP contribution in [0, 0.1) is 6.92 Å². The molecule has 1 N–H and O–H groups in total. The number of aromatic amines is 1. The number of likely N-dealkylation sites (tertiary alicyclic amines) is 1. The summed E-state index contributed by atoms with van der Waals surface area (Å²) < 4.78 is 6.51. The van der Waals surface area contributed by atoms with Gasteiger partial charge in [0.05, 0.1) is 17.8 Å². The summed E-state index contributed by atoms with van der Waals surface area (Å²) in [6.07, 6.45) is 6.11. The summed E-state index contributed by atoms with van der Waals surface area (Å²) in [5.74, 6) is 0.592. The van der Waals surface area contributed by atoms with E-state index in [9.17, 15) is 9.59 Å². The van der Waals surface area contributed by atoms with Crippen molar-refractivity contribution >= 4 is 17.2 Å². The molecule has 202 valence electrons. The van der Waals surface area contributed by atoms with Gasteiger partial charge in [-0.25, -0.2) is 9.78 Å². The van der Waals surface area contributed by atoms with Crippen LogP contribution in [0.15, 0.2) is 62.6 Å². The lowest BCUT2D eigenvalue weighted by Crippen LogP contribution is -2.41. The summed E-state index contributed by atoms with van der Waals surface area (Å²) in [5.41, 5.74) is 4.86. The number of piperidine rings is 1. The van der Waals surface area contributed by atoms with Crippen LogP contribution in [0.5, 0.6) is 0 Å². The molecule has 39 heavy (non-hydrogen) atoms. The number of thiocarbonyl (C=S) groups is 1. The molecule has 9 heteroatoms. The van der Waals surface area contributed by atoms with Crippen LogP contribution in [0.3, 0.4) is 0 Å². The highest BCUT2D eigenvalue weighted by Crippen LogP contribution is 2.30. The minimum Gasteiger partial charge on any atom is -0.362 e. The minimum atomic E-state index is -0.592. The molecule has 2 aromatic heterocycles. The molecule has 4 aromatic rings. The number of nitrogens with zero attached hydrogens (tertiary/aromatic N) is 4. The minimum absolute atomic E-state index is 0.0615. The zero-order chi connectivity index (χ0) is 27.4. The Kier molecular flexibility index (Phi) is 8.16. The Labute approximate surface area is 232 Å². The number of nitrogens with one attached hydrogen (secondary N) is 1. The highest BCUT2D eigenvalue weighted by molar-refractivity contribution is 7.80. The second-order valence-corrected chi connectivity index (χ2v) is 10.4. The number of H-pyrrole nitrogens is 1. The number of unbranched alkanes of at least 4 members (excludes halogenated alkanes) is 1. The molecule has 0 bridgehead atoms. The van der Waals surface area contributed by atoms with Crippen molar-refractivity contribution in [1.82, 2.24) is 24.6 Å². The third kappa shape index (κ3) is 5.78. The lowest BCUT2D eigenvalue weighted by Gasteiger charge is -2.29. The number of aromatic nitrogens is 4. The van der Waals surface area contributed by atoms with Crippen molar-refractivity contribution in [3.05, 3.63) is 92.1 Å². The number of hydrogen-bond acceptors (Lipinski definition) is 6. The van der Waals surface area contributed by atoms with E-state index in [2.05, 4.69) is 22.0 Å². The first-order valence-electron chi connectivity index (χ1n) is 13.6. The van der Waals surface area contributed by atoms with Crippen LogP contribution in [0.4, 0.5) is 0 Å². The van der Waals surface area contributed by atoms with E-state index in [1.807, 2.05) is 55.5 Å². The zero-order valence-electron chi connectivity index (χ0n) is 22.4. The van der Waals surface area contributed by atoms with E-state index in [-0.39, 0.29) is 5.56 Å². The van der Waals surface area contributed by atoms with Crippen LogP contribution in [-0.2, 0) is 13.0 Å². The van der Waals surface area contributed by atoms with Gasteiger partial charge in [-0.3, -0.25) is 18.9 Å². The lowest BCUT2D eigenvalue weighted by molar-refractivity contribution is 0.347. The largest absolute Gasteiger partial charge is 0.439 e. The second-order valence-electron chi connectivity index (χ2n) is 10.0. The highest BCUT2D eigenvalue weighted by atomic mass is 32.1. The van der Waals surface area contributed by atoms with E-state index in [1.54, 1.807) is 4.57 Å². The Morgan fingerprint density at radius 2 is 1.74 bits per heavy atom. The van der Waals surface area contributed by atoms with Crippen LogP contribution in [-0.4, -0.2) is 42.7 Å². The Morgan fingerprint density at radius 1 is 1.03 bits per heavy atom. The summed E-state index contributed by atoms with van der Waals surface area (Å²) in [7, 11) is 0. The van der Waals surface area contributed by atoms with Crippen LogP contribution < -0.4 is 11.3 Å². The van der Waals surface area contributed by atoms with E-state index >= 15 is 0 Å². The molecule has 1 aliphatic rings. The summed E-state index contributed by atoms with van der Waals surface area (Å²) in [6.45, 7) is 6.24. The molecule has 0 atom stereocenters. The van der Waals surface area contributed by atoms with Crippen LogP contribution in [0.2, 0.25) is 0 Å². The number of benzene rings is 2. The maximum atomic E-state index is 13.9. The monoisotopic (exact) mass is 543 g/mol. The van der Waals surface area contributed by atoms with Gasteiger partial charge in [0.25, 0.3) is 5.56 Å². The maximum Gasteiger partial charge on any atom is 0.439 e. The predicted octanol–water partition coefficient (Wildman–Crippen LogP) is 5.11. The standard InChI is InChI=1S/C30H33N5O3S/c1-3-4-12-25-31-20(2)26(29(39)34-17-8-5-9-18-34)28(36)35(25)19-21-13-15-22(16-14-21)23-10-6-7-11-24(23)27-32-30(37)38-33-27/h6-7,10-11,13-16H,3-5,8-9,12,17-19H2,1-2H3,(H,32,33,37). The number of rotatable bonds is 8. The third-order valence-electron chi connectivity index (χ3n) is 7.27. The van der Waals surface area contributed by atoms with Crippen molar-refractivity contribution in [2.45, 2.75) is 58.9 Å². The van der Waals surface area contributed by atoms with Crippen molar-refractivity contribution in [2.75, 3.05) is 13.1 Å². The molecule has 3 heterocycles. The van der Waals surface area contributed by atoms with E-state index in [1.165, 1.54) is 6.42 Å². The Balaban J connectivity index is 1.48. The van der Waals surface area contributed by atoms with Gasteiger partial charge in [0, 0.05) is 25.1 Å². The normalized spacial score (nSPS) is 13.5. The predicted molar refractivity (Wildman–Crippen MR) is 156 cm³/mol. The average Bonchev–Trinajstić information content (AvgIpc) is 3.40. The Bertz CT molecular complexity index is 1580. The molecular formula is C30H33N5O3S. The van der Waals surface area contributed by atoms with Crippen molar-refractivity contribution in [2.24, 2.45) is 0 Å². The van der Waals surface area contributed by atoms with Crippen molar-refractivity contribution in [1.29, 1.82) is 0 Å². The second kappa shape index (κ2) is 11.9. The van der Waals surface area contributed by atoms with Gasteiger partial charge in [0.15, 0.2) is 5.82 Å². The molecular weight excluding hydrogens is 510 g/mol. The van der Waals surface area contributed by atoms with Gasteiger partial charge in [0.1, 0.15) is 10.8 Å². The zero-order valence-corrected chi connectivity index (χ0v) is 23.2. The molecule has 0 saturated carbocycles. The maximum absolute atomic E-state index is 13.9. The molecule has 0 radical (unpaired) electrons. The van der Waals surface area contributed by atoms with E-state index in [4.69, 9.17) is 21.7 Å².